The molecule has 1 saturated carbocycles. The van der Waals surface area contributed by atoms with Crippen LogP contribution in [0.2, 0.25) is 0 Å². The molecule has 14 heavy (non-hydrogen) atoms. The maximum atomic E-state index is 12.7. The first-order valence-electron chi connectivity index (χ1n) is 4.30. The number of amides is 1. The van der Waals surface area contributed by atoms with Crippen molar-refractivity contribution in [2.24, 2.45) is 0 Å². The van der Waals surface area contributed by atoms with E-state index in [-0.39, 0.29) is 12.8 Å². The molecule has 1 rings (SSSR count). The number of hydrogen-bond acceptors (Lipinski definition) is 1. The maximum absolute atomic E-state index is 12.7. The van der Waals surface area contributed by atoms with E-state index in [1.165, 1.54) is 0 Å². The van der Waals surface area contributed by atoms with Crippen LogP contribution in [-0.4, -0.2) is 36.2 Å². The van der Waals surface area contributed by atoms with Crippen LogP contribution in [0.15, 0.2) is 0 Å². The fourth-order valence-corrected chi connectivity index (χ4v) is 1.62. The lowest BCUT2D eigenvalue weighted by Gasteiger charge is -2.24. The number of halogens is 4. The lowest BCUT2D eigenvalue weighted by Crippen LogP contribution is -2.43. The van der Waals surface area contributed by atoms with Gasteiger partial charge >= 0.3 is 12.1 Å². The fourth-order valence-electron chi connectivity index (χ4n) is 1.62. The van der Waals surface area contributed by atoms with Gasteiger partial charge in [0.25, 0.3) is 0 Å². The average Bonchev–Trinajstić information content (AvgIpc) is 2.47. The number of carbonyl (C=O) groups excluding carboxylic acids is 1. The van der Waals surface area contributed by atoms with Gasteiger partial charge in [-0.2, -0.15) is 13.2 Å². The lowest BCUT2D eigenvalue weighted by molar-refractivity contribution is -0.186. The fraction of sp³-hybridized carbons (Fsp3) is 0.875. The Morgan fingerprint density at radius 3 is 2.29 bits per heavy atom. The van der Waals surface area contributed by atoms with Crippen molar-refractivity contribution in [1.82, 2.24) is 4.90 Å². The van der Waals surface area contributed by atoms with E-state index in [0.717, 1.165) is 7.05 Å². The van der Waals surface area contributed by atoms with Crippen molar-refractivity contribution < 1.29 is 22.4 Å². The third kappa shape index (κ3) is 2.36. The van der Waals surface area contributed by atoms with E-state index in [9.17, 15) is 22.4 Å². The molecule has 1 fully saturated rings. The van der Waals surface area contributed by atoms with Gasteiger partial charge < -0.3 is 4.90 Å². The summed E-state index contributed by atoms with van der Waals surface area (Å²) < 4.78 is 48.6. The first kappa shape index (κ1) is 11.3. The van der Waals surface area contributed by atoms with Gasteiger partial charge in [-0.15, -0.1) is 0 Å². The zero-order valence-electron chi connectivity index (χ0n) is 7.64. The molecule has 0 N–H and O–H groups in total. The van der Waals surface area contributed by atoms with E-state index in [0.29, 0.717) is 11.3 Å². The Morgan fingerprint density at radius 1 is 1.36 bits per heavy atom. The molecule has 0 radical (unpaired) electrons. The van der Waals surface area contributed by atoms with E-state index in [2.05, 4.69) is 0 Å². The molecule has 0 saturated heterocycles. The van der Waals surface area contributed by atoms with Gasteiger partial charge in [0.15, 0.2) is 0 Å². The Hall–Kier alpha value is -0.810. The van der Waals surface area contributed by atoms with E-state index < -0.39 is 24.3 Å². The monoisotopic (exact) mass is 213 g/mol. The van der Waals surface area contributed by atoms with Crippen LogP contribution in [0.5, 0.6) is 0 Å². The zero-order chi connectivity index (χ0) is 10.9. The Balaban J connectivity index is 2.57. The van der Waals surface area contributed by atoms with Crippen molar-refractivity contribution in [1.29, 1.82) is 0 Å². The molecule has 0 aliphatic heterocycles. The van der Waals surface area contributed by atoms with Crippen LogP contribution < -0.4 is 0 Å². The average molecular weight is 213 g/mol. The molecule has 6 heteroatoms. The molecule has 82 valence electrons. The normalized spacial score (nSPS) is 27.8. The van der Waals surface area contributed by atoms with Crippen LogP contribution >= 0.6 is 0 Å². The molecule has 0 unspecified atom stereocenters. The van der Waals surface area contributed by atoms with E-state index >= 15 is 0 Å². The first-order chi connectivity index (χ1) is 6.32. The maximum Gasteiger partial charge on any atom is 0.471 e. The minimum Gasteiger partial charge on any atom is -0.335 e. The highest BCUT2D eigenvalue weighted by Crippen LogP contribution is 2.28. The summed E-state index contributed by atoms with van der Waals surface area (Å²) in [6.07, 6.45) is -5.38. The molecule has 0 bridgehead atoms. The molecule has 0 aromatic heterocycles. The number of alkyl halides is 4. The molecule has 1 aliphatic carbocycles. The van der Waals surface area contributed by atoms with Crippen molar-refractivity contribution in [3.8, 4) is 0 Å². The molecule has 1 aliphatic rings. The molecule has 2 atom stereocenters. The quantitative estimate of drug-likeness (QED) is 0.609. The summed E-state index contributed by atoms with van der Waals surface area (Å²) in [6, 6.07) is -0.612. The Bertz CT molecular complexity index is 228. The second-order valence-corrected chi connectivity index (χ2v) is 3.48. The standard InChI is InChI=1S/C8H11F4NO/c1-13(7(14)8(10,11)12)6-3-2-5(9)4-6/h5-6H,2-4H2,1H3/t5-,6-/m1/s1. The highest BCUT2D eigenvalue weighted by Gasteiger charge is 2.44. The summed E-state index contributed by atoms with van der Waals surface area (Å²) in [5.74, 6) is -1.89. The molecular weight excluding hydrogens is 202 g/mol. The van der Waals surface area contributed by atoms with Crippen molar-refractivity contribution in [3.05, 3.63) is 0 Å². The topological polar surface area (TPSA) is 20.3 Å². The summed E-state index contributed by atoms with van der Waals surface area (Å²) in [5, 5.41) is 0. The van der Waals surface area contributed by atoms with Crippen molar-refractivity contribution in [2.45, 2.75) is 37.7 Å². The molecule has 0 aromatic rings. The highest BCUT2D eigenvalue weighted by atomic mass is 19.4. The van der Waals surface area contributed by atoms with Crippen molar-refractivity contribution >= 4 is 5.91 Å². The summed E-state index contributed by atoms with van der Waals surface area (Å²) in [6.45, 7) is 0. The van der Waals surface area contributed by atoms with Crippen LogP contribution in [0, 0.1) is 0 Å². The van der Waals surface area contributed by atoms with Gasteiger partial charge in [-0.05, 0) is 19.3 Å². The molecular formula is C8H11F4NO. The van der Waals surface area contributed by atoms with Gasteiger partial charge in [0.1, 0.15) is 6.17 Å². The summed E-state index contributed by atoms with van der Waals surface area (Å²) in [4.78, 5) is 11.3. The predicted octanol–water partition coefficient (Wildman–Crippen LogP) is 1.90. The van der Waals surface area contributed by atoms with Gasteiger partial charge in [0.2, 0.25) is 0 Å². The van der Waals surface area contributed by atoms with Crippen LogP contribution in [0.1, 0.15) is 19.3 Å². The smallest absolute Gasteiger partial charge is 0.335 e. The van der Waals surface area contributed by atoms with Gasteiger partial charge in [0.05, 0.1) is 0 Å². The van der Waals surface area contributed by atoms with Crippen LogP contribution in [0.25, 0.3) is 0 Å². The van der Waals surface area contributed by atoms with Crippen LogP contribution in [0.3, 0.4) is 0 Å². The number of carbonyl (C=O) groups is 1. The second-order valence-electron chi connectivity index (χ2n) is 3.48. The summed E-state index contributed by atoms with van der Waals surface area (Å²) in [7, 11) is 1.07. The van der Waals surface area contributed by atoms with Crippen molar-refractivity contribution in [2.75, 3.05) is 7.05 Å². The molecule has 2 nitrogen and oxygen atoms in total. The first-order valence-corrected chi connectivity index (χ1v) is 4.30. The Kier molecular flexibility index (Phi) is 3.01. The Labute approximate surface area is 78.9 Å². The van der Waals surface area contributed by atoms with E-state index in [1.54, 1.807) is 0 Å². The van der Waals surface area contributed by atoms with Crippen molar-refractivity contribution in [3.63, 3.8) is 0 Å². The van der Waals surface area contributed by atoms with E-state index in [4.69, 9.17) is 0 Å². The summed E-state index contributed by atoms with van der Waals surface area (Å²) >= 11 is 0. The number of hydrogen-bond donors (Lipinski definition) is 0. The van der Waals surface area contributed by atoms with Gasteiger partial charge in [-0.3, -0.25) is 4.79 Å². The highest BCUT2D eigenvalue weighted by molar-refractivity contribution is 5.81. The minimum absolute atomic E-state index is 0.0122. The van der Waals surface area contributed by atoms with Crippen LogP contribution in [0.4, 0.5) is 17.6 Å². The lowest BCUT2D eigenvalue weighted by atomic mass is 10.2. The van der Waals surface area contributed by atoms with E-state index in [1.807, 2.05) is 0 Å². The second kappa shape index (κ2) is 3.74. The van der Waals surface area contributed by atoms with Gasteiger partial charge in [-0.1, -0.05) is 0 Å². The number of rotatable bonds is 1. The molecule has 0 aromatic carbocycles. The zero-order valence-corrected chi connectivity index (χ0v) is 7.64. The molecule has 0 spiro atoms. The molecule has 1 amide bonds. The minimum atomic E-state index is -4.86. The van der Waals surface area contributed by atoms with Crippen LogP contribution in [-0.2, 0) is 4.79 Å². The molecule has 0 heterocycles. The summed E-state index contributed by atoms with van der Waals surface area (Å²) in [5.41, 5.74) is 0. The third-order valence-electron chi connectivity index (χ3n) is 2.45. The van der Waals surface area contributed by atoms with Gasteiger partial charge in [0, 0.05) is 13.1 Å². The predicted molar refractivity (Wildman–Crippen MR) is 41.4 cm³/mol. The largest absolute Gasteiger partial charge is 0.471 e. The van der Waals surface area contributed by atoms with Gasteiger partial charge in [-0.25, -0.2) is 4.39 Å². The Morgan fingerprint density at radius 2 is 1.93 bits per heavy atom. The SMILES string of the molecule is CN(C(=O)C(F)(F)F)[C@@H]1CC[C@@H](F)C1. The number of nitrogens with zero attached hydrogens (tertiary/aromatic N) is 1. The third-order valence-corrected chi connectivity index (χ3v) is 2.45.